The van der Waals surface area contributed by atoms with Crippen LogP contribution in [0.1, 0.15) is 20.3 Å². The third-order valence-electron chi connectivity index (χ3n) is 1.48. The Kier molecular flexibility index (Phi) is 3.82. The summed E-state index contributed by atoms with van der Waals surface area (Å²) in [6, 6.07) is 0.392. The van der Waals surface area contributed by atoms with Crippen LogP contribution in [0.5, 0.6) is 0 Å². The molecule has 0 spiro atoms. The van der Waals surface area contributed by atoms with Crippen molar-refractivity contribution in [2.45, 2.75) is 31.7 Å². The first-order valence-electron chi connectivity index (χ1n) is 3.98. The zero-order chi connectivity index (χ0) is 8.97. The summed E-state index contributed by atoms with van der Waals surface area (Å²) in [6.07, 6.45) is 2.75. The van der Waals surface area contributed by atoms with E-state index in [1.807, 2.05) is 12.3 Å². The summed E-state index contributed by atoms with van der Waals surface area (Å²) >= 11 is 7.47. The SMILES string of the molecule is CC(Cl)CC(C)Nc1nccs1. The number of aromatic nitrogens is 1. The van der Waals surface area contributed by atoms with E-state index in [4.69, 9.17) is 11.6 Å². The Labute approximate surface area is 82.0 Å². The van der Waals surface area contributed by atoms with Crippen molar-refractivity contribution in [3.05, 3.63) is 11.6 Å². The molecule has 0 aliphatic heterocycles. The van der Waals surface area contributed by atoms with Crippen molar-refractivity contribution in [3.63, 3.8) is 0 Å². The molecule has 0 aliphatic rings. The zero-order valence-corrected chi connectivity index (χ0v) is 8.82. The van der Waals surface area contributed by atoms with Crippen LogP contribution in [0.15, 0.2) is 11.6 Å². The number of hydrogen-bond donors (Lipinski definition) is 1. The van der Waals surface area contributed by atoms with Crippen molar-refractivity contribution in [2.24, 2.45) is 0 Å². The molecule has 0 amide bonds. The van der Waals surface area contributed by atoms with Gasteiger partial charge < -0.3 is 5.32 Å². The monoisotopic (exact) mass is 204 g/mol. The zero-order valence-electron chi connectivity index (χ0n) is 7.25. The van der Waals surface area contributed by atoms with Gasteiger partial charge in [0.05, 0.1) is 0 Å². The molecule has 0 radical (unpaired) electrons. The molecular weight excluding hydrogens is 192 g/mol. The van der Waals surface area contributed by atoms with Crippen LogP contribution in [0.3, 0.4) is 0 Å². The summed E-state index contributed by atoms with van der Waals surface area (Å²) in [5.74, 6) is 0. The van der Waals surface area contributed by atoms with E-state index < -0.39 is 0 Å². The van der Waals surface area contributed by atoms with Crippen molar-refractivity contribution < 1.29 is 0 Å². The first-order chi connectivity index (χ1) is 5.68. The summed E-state index contributed by atoms with van der Waals surface area (Å²) < 4.78 is 0. The lowest BCUT2D eigenvalue weighted by Crippen LogP contribution is -2.18. The van der Waals surface area contributed by atoms with E-state index in [1.54, 1.807) is 17.5 Å². The smallest absolute Gasteiger partial charge is 0.182 e. The maximum absolute atomic E-state index is 5.86. The Hall–Kier alpha value is -0.280. The summed E-state index contributed by atoms with van der Waals surface area (Å²) in [5.41, 5.74) is 0. The molecule has 2 unspecified atom stereocenters. The van der Waals surface area contributed by atoms with Gasteiger partial charge in [0.25, 0.3) is 0 Å². The maximum atomic E-state index is 5.86. The predicted octanol–water partition coefficient (Wildman–Crippen LogP) is 2.96. The van der Waals surface area contributed by atoms with Crippen molar-refractivity contribution in [1.82, 2.24) is 4.98 Å². The minimum Gasteiger partial charge on any atom is -0.359 e. The van der Waals surface area contributed by atoms with Gasteiger partial charge in [0.1, 0.15) is 0 Å². The molecule has 0 aliphatic carbocycles. The molecular formula is C8H13ClN2S. The second-order valence-corrected chi connectivity index (χ2v) is 4.54. The molecule has 0 saturated carbocycles. The van der Waals surface area contributed by atoms with Crippen LogP contribution in [0.2, 0.25) is 0 Å². The molecule has 1 rings (SSSR count). The lowest BCUT2D eigenvalue weighted by Gasteiger charge is -2.13. The fraction of sp³-hybridized carbons (Fsp3) is 0.625. The Morgan fingerprint density at radius 3 is 2.92 bits per heavy atom. The van der Waals surface area contributed by atoms with Gasteiger partial charge in [-0.25, -0.2) is 4.98 Å². The van der Waals surface area contributed by atoms with Crippen molar-refractivity contribution >= 4 is 28.1 Å². The first kappa shape index (κ1) is 9.81. The van der Waals surface area contributed by atoms with Gasteiger partial charge in [-0.3, -0.25) is 0 Å². The van der Waals surface area contributed by atoms with Crippen LogP contribution in [0, 0.1) is 0 Å². The van der Waals surface area contributed by atoms with Gasteiger partial charge in [-0.15, -0.1) is 22.9 Å². The highest BCUT2D eigenvalue weighted by atomic mass is 35.5. The Bertz CT molecular complexity index is 211. The van der Waals surface area contributed by atoms with Gasteiger partial charge in [0, 0.05) is 23.0 Å². The second-order valence-electron chi connectivity index (χ2n) is 2.90. The van der Waals surface area contributed by atoms with Gasteiger partial charge in [0.2, 0.25) is 0 Å². The average Bonchev–Trinajstić information content (AvgIpc) is 2.37. The number of anilines is 1. The molecule has 0 aromatic carbocycles. The van der Waals surface area contributed by atoms with Gasteiger partial charge in [-0.05, 0) is 20.3 Å². The number of rotatable bonds is 4. The number of nitrogens with one attached hydrogen (secondary N) is 1. The summed E-state index contributed by atoms with van der Waals surface area (Å²) in [5, 5.41) is 6.42. The number of hydrogen-bond acceptors (Lipinski definition) is 3. The number of halogens is 1. The van der Waals surface area contributed by atoms with Crippen LogP contribution in [-0.4, -0.2) is 16.4 Å². The lowest BCUT2D eigenvalue weighted by atomic mass is 10.2. The van der Waals surface area contributed by atoms with Crippen molar-refractivity contribution in [3.8, 4) is 0 Å². The molecule has 4 heteroatoms. The second kappa shape index (κ2) is 4.67. The lowest BCUT2D eigenvalue weighted by molar-refractivity contribution is 0.696. The van der Waals surface area contributed by atoms with Crippen molar-refractivity contribution in [1.29, 1.82) is 0 Å². The molecule has 1 heterocycles. The molecule has 2 nitrogen and oxygen atoms in total. The van der Waals surface area contributed by atoms with Gasteiger partial charge in [-0.2, -0.15) is 0 Å². The Morgan fingerprint density at radius 1 is 1.67 bits per heavy atom. The standard InChI is InChI=1S/C8H13ClN2S/c1-6(9)5-7(2)11-8-10-3-4-12-8/h3-4,6-7H,5H2,1-2H3,(H,10,11). The van der Waals surface area contributed by atoms with E-state index in [-0.39, 0.29) is 5.38 Å². The summed E-state index contributed by atoms with van der Waals surface area (Å²) in [6.45, 7) is 4.11. The molecule has 68 valence electrons. The van der Waals surface area contributed by atoms with Crippen LogP contribution < -0.4 is 5.32 Å². The minimum atomic E-state index is 0.215. The van der Waals surface area contributed by atoms with E-state index in [9.17, 15) is 0 Å². The maximum Gasteiger partial charge on any atom is 0.182 e. The third kappa shape index (κ3) is 3.41. The fourth-order valence-electron chi connectivity index (χ4n) is 1.05. The highest BCUT2D eigenvalue weighted by Crippen LogP contribution is 2.14. The van der Waals surface area contributed by atoms with Crippen LogP contribution in [0.4, 0.5) is 5.13 Å². The Morgan fingerprint density at radius 2 is 2.42 bits per heavy atom. The molecule has 0 saturated heterocycles. The fourth-order valence-corrected chi connectivity index (χ4v) is 1.96. The quantitative estimate of drug-likeness (QED) is 0.763. The van der Waals surface area contributed by atoms with E-state index in [1.165, 1.54) is 0 Å². The third-order valence-corrected chi connectivity index (χ3v) is 2.36. The van der Waals surface area contributed by atoms with Gasteiger partial charge in [-0.1, -0.05) is 0 Å². The molecule has 0 fully saturated rings. The van der Waals surface area contributed by atoms with Crippen LogP contribution in [0.25, 0.3) is 0 Å². The largest absolute Gasteiger partial charge is 0.359 e. The molecule has 0 bridgehead atoms. The molecule has 1 aromatic rings. The van der Waals surface area contributed by atoms with Crippen LogP contribution in [-0.2, 0) is 0 Å². The topological polar surface area (TPSA) is 24.9 Å². The first-order valence-corrected chi connectivity index (χ1v) is 5.30. The Balaban J connectivity index is 2.32. The van der Waals surface area contributed by atoms with E-state index >= 15 is 0 Å². The molecule has 1 aromatic heterocycles. The highest BCUT2D eigenvalue weighted by Gasteiger charge is 2.06. The van der Waals surface area contributed by atoms with Crippen LogP contribution >= 0.6 is 22.9 Å². The highest BCUT2D eigenvalue weighted by molar-refractivity contribution is 7.13. The number of alkyl halides is 1. The molecule has 2 atom stereocenters. The molecule has 12 heavy (non-hydrogen) atoms. The predicted molar refractivity (Wildman–Crippen MR) is 55.1 cm³/mol. The molecule has 1 N–H and O–H groups in total. The van der Waals surface area contributed by atoms with E-state index in [0.717, 1.165) is 11.6 Å². The van der Waals surface area contributed by atoms with Gasteiger partial charge >= 0.3 is 0 Å². The van der Waals surface area contributed by atoms with Gasteiger partial charge in [0.15, 0.2) is 5.13 Å². The normalized spacial score (nSPS) is 15.6. The summed E-state index contributed by atoms with van der Waals surface area (Å²) in [7, 11) is 0. The summed E-state index contributed by atoms with van der Waals surface area (Å²) in [4.78, 5) is 4.13. The van der Waals surface area contributed by atoms with Crippen molar-refractivity contribution in [2.75, 3.05) is 5.32 Å². The van der Waals surface area contributed by atoms with E-state index in [2.05, 4.69) is 17.2 Å². The van der Waals surface area contributed by atoms with E-state index in [0.29, 0.717) is 6.04 Å². The average molecular weight is 205 g/mol. The minimum absolute atomic E-state index is 0.215. The number of nitrogens with zero attached hydrogens (tertiary/aromatic N) is 1. The number of thiazole rings is 1.